The number of aryl methyl sites for hydroxylation is 1. The Hall–Kier alpha value is -3.34. The van der Waals surface area contributed by atoms with E-state index in [0.29, 0.717) is 23.6 Å². The second-order valence-corrected chi connectivity index (χ2v) is 5.81. The van der Waals surface area contributed by atoms with Crippen molar-refractivity contribution in [3.63, 3.8) is 0 Å². The molecule has 0 unspecified atom stereocenters. The van der Waals surface area contributed by atoms with E-state index in [4.69, 9.17) is 5.73 Å². The number of rotatable bonds is 6. The first-order chi connectivity index (χ1) is 12.1. The van der Waals surface area contributed by atoms with Gasteiger partial charge in [0.05, 0.1) is 11.3 Å². The third-order valence-electron chi connectivity index (χ3n) is 3.79. The van der Waals surface area contributed by atoms with Crippen LogP contribution in [0.5, 0.6) is 0 Å². The number of primary amides is 1. The van der Waals surface area contributed by atoms with Crippen LogP contribution in [0.4, 0.5) is 17.2 Å². The van der Waals surface area contributed by atoms with Crippen molar-refractivity contribution >= 4 is 23.1 Å². The van der Waals surface area contributed by atoms with Gasteiger partial charge in [-0.1, -0.05) is 42.5 Å². The molecule has 0 bridgehead atoms. The normalized spacial score (nSPS) is 10.3. The molecule has 0 atom stereocenters. The standard InChI is InChI=1S/C20H20N4O/c1-14-6-5-9-16(10-14)24-19-11-18(17(13-23-19)20(21)25)22-12-15-7-3-2-4-8-15/h2-11,13H,12H2,1H3,(H2,21,25)(H2,22,23,24). The van der Waals surface area contributed by atoms with E-state index in [1.165, 1.54) is 6.20 Å². The molecule has 0 saturated heterocycles. The Bertz CT molecular complexity index is 878. The minimum absolute atomic E-state index is 0.366. The molecule has 126 valence electrons. The summed E-state index contributed by atoms with van der Waals surface area (Å²) < 4.78 is 0. The number of benzene rings is 2. The zero-order valence-corrected chi connectivity index (χ0v) is 14.0. The van der Waals surface area contributed by atoms with Crippen molar-refractivity contribution < 1.29 is 4.79 Å². The number of amides is 1. The van der Waals surface area contributed by atoms with Crippen molar-refractivity contribution in [2.24, 2.45) is 5.73 Å². The molecule has 0 saturated carbocycles. The van der Waals surface area contributed by atoms with E-state index in [9.17, 15) is 4.79 Å². The zero-order valence-electron chi connectivity index (χ0n) is 14.0. The maximum atomic E-state index is 11.7. The topological polar surface area (TPSA) is 80.0 Å². The highest BCUT2D eigenvalue weighted by molar-refractivity contribution is 5.98. The monoisotopic (exact) mass is 332 g/mol. The predicted octanol–water partition coefficient (Wildman–Crippen LogP) is 3.84. The van der Waals surface area contributed by atoms with Crippen LogP contribution in [0, 0.1) is 6.92 Å². The van der Waals surface area contributed by atoms with E-state index >= 15 is 0 Å². The Balaban J connectivity index is 1.82. The second kappa shape index (κ2) is 7.49. The molecular weight excluding hydrogens is 312 g/mol. The van der Waals surface area contributed by atoms with Crippen molar-refractivity contribution in [1.82, 2.24) is 4.98 Å². The van der Waals surface area contributed by atoms with E-state index < -0.39 is 5.91 Å². The number of anilines is 3. The molecular formula is C20H20N4O. The van der Waals surface area contributed by atoms with Crippen molar-refractivity contribution in [2.45, 2.75) is 13.5 Å². The molecule has 0 fully saturated rings. The molecule has 1 amide bonds. The van der Waals surface area contributed by atoms with Crippen LogP contribution >= 0.6 is 0 Å². The van der Waals surface area contributed by atoms with Gasteiger partial charge in [-0.15, -0.1) is 0 Å². The summed E-state index contributed by atoms with van der Waals surface area (Å²) in [5.74, 6) is 0.135. The van der Waals surface area contributed by atoms with Gasteiger partial charge in [-0.05, 0) is 30.2 Å². The summed E-state index contributed by atoms with van der Waals surface area (Å²) in [6.45, 7) is 2.62. The number of nitrogens with two attached hydrogens (primary N) is 1. The van der Waals surface area contributed by atoms with E-state index in [-0.39, 0.29) is 0 Å². The van der Waals surface area contributed by atoms with Gasteiger partial charge in [0.2, 0.25) is 0 Å². The van der Waals surface area contributed by atoms with Crippen LogP contribution in [-0.4, -0.2) is 10.9 Å². The van der Waals surface area contributed by atoms with Gasteiger partial charge in [-0.3, -0.25) is 4.79 Å². The summed E-state index contributed by atoms with van der Waals surface area (Å²) in [4.78, 5) is 16.0. The van der Waals surface area contributed by atoms with Crippen LogP contribution in [0.15, 0.2) is 66.9 Å². The van der Waals surface area contributed by atoms with Gasteiger partial charge in [-0.25, -0.2) is 4.98 Å². The van der Waals surface area contributed by atoms with E-state index in [0.717, 1.165) is 16.8 Å². The molecule has 5 heteroatoms. The van der Waals surface area contributed by atoms with Gasteiger partial charge in [0.15, 0.2) is 0 Å². The first-order valence-electron chi connectivity index (χ1n) is 8.03. The van der Waals surface area contributed by atoms with Crippen molar-refractivity contribution in [2.75, 3.05) is 10.6 Å². The lowest BCUT2D eigenvalue weighted by Gasteiger charge is -2.13. The summed E-state index contributed by atoms with van der Waals surface area (Å²) in [5, 5.41) is 6.51. The fourth-order valence-electron chi connectivity index (χ4n) is 2.53. The number of aromatic nitrogens is 1. The van der Waals surface area contributed by atoms with E-state index in [2.05, 4.69) is 15.6 Å². The highest BCUT2D eigenvalue weighted by Gasteiger charge is 2.10. The Kier molecular flexibility index (Phi) is 4.95. The quantitative estimate of drug-likeness (QED) is 0.640. The van der Waals surface area contributed by atoms with Crippen molar-refractivity contribution in [3.05, 3.63) is 83.6 Å². The molecule has 0 aliphatic rings. The highest BCUT2D eigenvalue weighted by Crippen LogP contribution is 2.22. The van der Waals surface area contributed by atoms with Gasteiger partial charge in [0.1, 0.15) is 5.82 Å². The second-order valence-electron chi connectivity index (χ2n) is 5.81. The first-order valence-corrected chi connectivity index (χ1v) is 8.03. The molecule has 3 rings (SSSR count). The molecule has 0 radical (unpaired) electrons. The van der Waals surface area contributed by atoms with Crippen LogP contribution in [0.3, 0.4) is 0 Å². The first kappa shape index (κ1) is 16.5. The van der Waals surface area contributed by atoms with Gasteiger partial charge in [0.25, 0.3) is 5.91 Å². The lowest BCUT2D eigenvalue weighted by atomic mass is 10.2. The molecule has 25 heavy (non-hydrogen) atoms. The Morgan fingerprint density at radius 1 is 1.08 bits per heavy atom. The maximum Gasteiger partial charge on any atom is 0.252 e. The average Bonchev–Trinajstić information content (AvgIpc) is 2.61. The Morgan fingerprint density at radius 2 is 1.88 bits per heavy atom. The summed E-state index contributed by atoms with van der Waals surface area (Å²) >= 11 is 0. The molecule has 1 heterocycles. The largest absolute Gasteiger partial charge is 0.380 e. The minimum Gasteiger partial charge on any atom is -0.380 e. The summed E-state index contributed by atoms with van der Waals surface area (Å²) in [5.41, 5.74) is 9.69. The van der Waals surface area contributed by atoms with Crippen molar-refractivity contribution in [3.8, 4) is 0 Å². The number of nitrogens with zero attached hydrogens (tertiary/aromatic N) is 1. The third kappa shape index (κ3) is 4.35. The summed E-state index contributed by atoms with van der Waals surface area (Å²) in [7, 11) is 0. The van der Waals surface area contributed by atoms with Gasteiger partial charge in [0, 0.05) is 24.5 Å². The van der Waals surface area contributed by atoms with Gasteiger partial charge in [-0.2, -0.15) is 0 Å². The molecule has 0 aliphatic heterocycles. The van der Waals surface area contributed by atoms with Crippen LogP contribution < -0.4 is 16.4 Å². The lowest BCUT2D eigenvalue weighted by Crippen LogP contribution is -2.15. The van der Waals surface area contributed by atoms with Gasteiger partial charge >= 0.3 is 0 Å². The highest BCUT2D eigenvalue weighted by atomic mass is 16.1. The smallest absolute Gasteiger partial charge is 0.252 e. The molecule has 3 aromatic rings. The van der Waals surface area contributed by atoms with Crippen LogP contribution in [0.1, 0.15) is 21.5 Å². The van der Waals surface area contributed by atoms with Crippen LogP contribution in [0.2, 0.25) is 0 Å². The number of nitrogens with one attached hydrogen (secondary N) is 2. The number of carbonyl (C=O) groups is 1. The minimum atomic E-state index is -0.509. The van der Waals surface area contributed by atoms with Crippen LogP contribution in [0.25, 0.3) is 0 Å². The fraction of sp³-hybridized carbons (Fsp3) is 0.100. The number of hydrogen-bond donors (Lipinski definition) is 3. The lowest BCUT2D eigenvalue weighted by molar-refractivity contribution is 0.100. The molecule has 0 aliphatic carbocycles. The number of carbonyl (C=O) groups excluding carboxylic acids is 1. The molecule has 1 aromatic heterocycles. The maximum absolute atomic E-state index is 11.7. The third-order valence-corrected chi connectivity index (χ3v) is 3.79. The molecule has 4 N–H and O–H groups in total. The van der Waals surface area contributed by atoms with E-state index in [1.807, 2.05) is 61.5 Å². The number of pyridine rings is 1. The van der Waals surface area contributed by atoms with E-state index in [1.54, 1.807) is 6.07 Å². The number of hydrogen-bond acceptors (Lipinski definition) is 4. The molecule has 5 nitrogen and oxygen atoms in total. The molecule has 2 aromatic carbocycles. The SMILES string of the molecule is Cc1cccc(Nc2cc(NCc3ccccc3)c(C(N)=O)cn2)c1. The summed E-state index contributed by atoms with van der Waals surface area (Å²) in [6.07, 6.45) is 1.49. The van der Waals surface area contributed by atoms with Crippen molar-refractivity contribution in [1.29, 1.82) is 0 Å². The predicted molar refractivity (Wildman–Crippen MR) is 101 cm³/mol. The Labute approximate surface area is 146 Å². The average molecular weight is 332 g/mol. The zero-order chi connectivity index (χ0) is 17.6. The van der Waals surface area contributed by atoms with Crippen LogP contribution in [-0.2, 0) is 6.54 Å². The summed E-state index contributed by atoms with van der Waals surface area (Å²) in [6, 6.07) is 19.8. The molecule has 0 spiro atoms. The van der Waals surface area contributed by atoms with Gasteiger partial charge < -0.3 is 16.4 Å². The Morgan fingerprint density at radius 3 is 2.60 bits per heavy atom. The fourth-order valence-corrected chi connectivity index (χ4v) is 2.53.